The van der Waals surface area contributed by atoms with Crippen molar-refractivity contribution < 1.29 is 13.8 Å². The van der Waals surface area contributed by atoms with Crippen LogP contribution in [0.25, 0.3) is 11.5 Å². The number of hydrogen-bond acceptors (Lipinski definition) is 7. The van der Waals surface area contributed by atoms with Crippen LogP contribution in [0.2, 0.25) is 0 Å². The Hall–Kier alpha value is -2.97. The van der Waals surface area contributed by atoms with Crippen LogP contribution in [0.3, 0.4) is 0 Å². The van der Waals surface area contributed by atoms with Crippen molar-refractivity contribution in [1.29, 1.82) is 0 Å². The van der Waals surface area contributed by atoms with Gasteiger partial charge < -0.3 is 14.4 Å². The molecule has 22 heavy (non-hydrogen) atoms. The molecule has 0 unspecified atom stereocenters. The summed E-state index contributed by atoms with van der Waals surface area (Å²) in [5.74, 6) is 1.00. The second-order valence-corrected chi connectivity index (χ2v) is 4.83. The Balaban J connectivity index is 1.67. The van der Waals surface area contributed by atoms with Crippen LogP contribution in [0.5, 0.6) is 0 Å². The third-order valence-corrected chi connectivity index (χ3v) is 3.08. The average Bonchev–Trinajstić information content (AvgIpc) is 3.17. The Morgan fingerprint density at radius 1 is 1.27 bits per heavy atom. The molecule has 9 heteroatoms. The van der Waals surface area contributed by atoms with Gasteiger partial charge in [0, 0.05) is 11.8 Å². The zero-order chi connectivity index (χ0) is 15.7. The van der Waals surface area contributed by atoms with E-state index >= 15 is 0 Å². The summed E-state index contributed by atoms with van der Waals surface area (Å²) in [6.45, 7) is 5.43. The van der Waals surface area contributed by atoms with E-state index in [1.54, 1.807) is 26.8 Å². The number of nitrogens with zero attached hydrogens (tertiary/aromatic N) is 4. The monoisotopic (exact) mass is 302 g/mol. The maximum absolute atomic E-state index is 12.1. The van der Waals surface area contributed by atoms with E-state index in [0.717, 1.165) is 0 Å². The van der Waals surface area contributed by atoms with Crippen LogP contribution in [0.4, 0.5) is 0 Å². The van der Waals surface area contributed by atoms with Gasteiger partial charge in [0.1, 0.15) is 5.76 Å². The molecule has 3 heterocycles. The Morgan fingerprint density at radius 2 is 2.09 bits per heavy atom. The highest BCUT2D eigenvalue weighted by molar-refractivity contribution is 5.96. The number of carbonyl (C=O) groups excluding carboxylic acids is 1. The molecular weight excluding hydrogens is 288 g/mol. The molecule has 0 aliphatic heterocycles. The first-order valence-electron chi connectivity index (χ1n) is 6.60. The van der Waals surface area contributed by atoms with Crippen LogP contribution in [-0.4, -0.2) is 31.4 Å². The molecule has 3 rings (SSSR count). The van der Waals surface area contributed by atoms with Gasteiger partial charge in [-0.2, -0.15) is 10.1 Å². The third kappa shape index (κ3) is 2.60. The summed E-state index contributed by atoms with van der Waals surface area (Å²) in [5.41, 5.74) is 2.35. The molecule has 0 aromatic carbocycles. The molecule has 0 saturated carbocycles. The van der Waals surface area contributed by atoms with Crippen molar-refractivity contribution >= 4 is 5.91 Å². The number of aromatic amines is 1. The van der Waals surface area contributed by atoms with Crippen LogP contribution >= 0.6 is 0 Å². The molecular formula is C13H14N6O3. The molecule has 2 N–H and O–H groups in total. The molecule has 0 bridgehead atoms. The van der Waals surface area contributed by atoms with Gasteiger partial charge in [-0.05, 0) is 20.8 Å². The molecule has 0 spiro atoms. The minimum atomic E-state index is -0.249. The smallest absolute Gasteiger partial charge is 0.255 e. The van der Waals surface area contributed by atoms with Crippen molar-refractivity contribution in [1.82, 2.24) is 30.8 Å². The van der Waals surface area contributed by atoms with Crippen molar-refractivity contribution in [2.45, 2.75) is 27.3 Å². The molecule has 3 aromatic heterocycles. The standard InChI is InChI=1S/C13H14N6O3/c1-6-4-9(18-21-6)12-15-10(22-19-12)5-14-13(20)11-7(2)16-17-8(11)3/h4H,5H2,1-3H3,(H,14,20)(H,16,17). The largest absolute Gasteiger partial charge is 0.361 e. The highest BCUT2D eigenvalue weighted by atomic mass is 16.5. The fraction of sp³-hybridized carbons (Fsp3) is 0.308. The summed E-state index contributed by atoms with van der Waals surface area (Å²) in [7, 11) is 0. The van der Waals surface area contributed by atoms with E-state index in [4.69, 9.17) is 9.05 Å². The molecule has 0 radical (unpaired) electrons. The molecule has 0 atom stereocenters. The van der Waals surface area contributed by atoms with Crippen molar-refractivity contribution in [2.75, 3.05) is 0 Å². The fourth-order valence-corrected chi connectivity index (χ4v) is 2.03. The van der Waals surface area contributed by atoms with Crippen LogP contribution in [0.15, 0.2) is 15.1 Å². The third-order valence-electron chi connectivity index (χ3n) is 3.08. The van der Waals surface area contributed by atoms with Crippen molar-refractivity contribution in [2.24, 2.45) is 0 Å². The number of carbonyl (C=O) groups is 1. The van der Waals surface area contributed by atoms with Gasteiger partial charge in [0.15, 0.2) is 5.69 Å². The van der Waals surface area contributed by atoms with Gasteiger partial charge in [0.25, 0.3) is 5.91 Å². The minimum Gasteiger partial charge on any atom is -0.361 e. The first-order chi connectivity index (χ1) is 10.5. The van der Waals surface area contributed by atoms with Gasteiger partial charge in [0.05, 0.1) is 17.8 Å². The normalized spacial score (nSPS) is 10.9. The first-order valence-corrected chi connectivity index (χ1v) is 6.60. The van der Waals surface area contributed by atoms with Crippen molar-refractivity contribution in [3.8, 4) is 11.5 Å². The molecule has 114 valence electrons. The summed E-state index contributed by atoms with van der Waals surface area (Å²) < 4.78 is 10.0. The highest BCUT2D eigenvalue weighted by Crippen LogP contribution is 2.15. The lowest BCUT2D eigenvalue weighted by atomic mass is 10.2. The molecule has 0 fully saturated rings. The lowest BCUT2D eigenvalue weighted by Gasteiger charge is -2.01. The van der Waals surface area contributed by atoms with Crippen molar-refractivity contribution in [3.05, 3.63) is 34.7 Å². The van der Waals surface area contributed by atoms with E-state index in [1.165, 1.54) is 0 Å². The summed E-state index contributed by atoms with van der Waals surface area (Å²) in [6.07, 6.45) is 0. The molecule has 0 aliphatic carbocycles. The second kappa shape index (κ2) is 5.43. The van der Waals surface area contributed by atoms with Crippen molar-refractivity contribution in [3.63, 3.8) is 0 Å². The minimum absolute atomic E-state index is 0.118. The van der Waals surface area contributed by atoms with Crippen LogP contribution < -0.4 is 5.32 Å². The number of nitrogens with one attached hydrogen (secondary N) is 2. The zero-order valence-corrected chi connectivity index (χ0v) is 12.3. The summed E-state index contributed by atoms with van der Waals surface area (Å²) in [5, 5.41) is 17.1. The van der Waals surface area contributed by atoms with Crippen LogP contribution in [0, 0.1) is 20.8 Å². The maximum Gasteiger partial charge on any atom is 0.255 e. The number of H-pyrrole nitrogens is 1. The van der Waals surface area contributed by atoms with E-state index in [1.807, 2.05) is 0 Å². The van der Waals surface area contributed by atoms with E-state index in [-0.39, 0.29) is 18.3 Å². The zero-order valence-electron chi connectivity index (χ0n) is 12.3. The molecule has 9 nitrogen and oxygen atoms in total. The van der Waals surface area contributed by atoms with Gasteiger partial charge in [-0.1, -0.05) is 10.3 Å². The fourth-order valence-electron chi connectivity index (χ4n) is 2.03. The Labute approximate surface area is 125 Å². The molecule has 0 saturated heterocycles. The lowest BCUT2D eigenvalue weighted by Crippen LogP contribution is -2.24. The number of rotatable bonds is 4. The average molecular weight is 302 g/mol. The van der Waals surface area contributed by atoms with E-state index < -0.39 is 0 Å². The van der Waals surface area contributed by atoms with Crippen LogP contribution in [-0.2, 0) is 6.54 Å². The Kier molecular flexibility index (Phi) is 3.45. The summed E-state index contributed by atoms with van der Waals surface area (Å²) >= 11 is 0. The number of aryl methyl sites for hydroxylation is 3. The second-order valence-electron chi connectivity index (χ2n) is 4.83. The van der Waals surface area contributed by atoms with Crippen LogP contribution in [0.1, 0.15) is 33.4 Å². The van der Waals surface area contributed by atoms with Gasteiger partial charge in [0.2, 0.25) is 11.7 Å². The lowest BCUT2D eigenvalue weighted by molar-refractivity contribution is 0.0945. The predicted octanol–water partition coefficient (Wildman–Crippen LogP) is 1.30. The van der Waals surface area contributed by atoms with Gasteiger partial charge >= 0.3 is 0 Å². The Bertz CT molecular complexity index is 796. The van der Waals surface area contributed by atoms with E-state index in [2.05, 4.69) is 30.8 Å². The predicted molar refractivity (Wildman–Crippen MR) is 73.8 cm³/mol. The van der Waals surface area contributed by atoms with E-state index in [9.17, 15) is 4.79 Å². The van der Waals surface area contributed by atoms with E-state index in [0.29, 0.717) is 34.2 Å². The van der Waals surface area contributed by atoms with Gasteiger partial charge in [-0.25, -0.2) is 0 Å². The Morgan fingerprint density at radius 3 is 2.73 bits per heavy atom. The number of aromatic nitrogens is 5. The van der Waals surface area contributed by atoms with Gasteiger partial charge in [-0.15, -0.1) is 0 Å². The summed E-state index contributed by atoms with van der Waals surface area (Å²) in [6, 6.07) is 1.70. The quantitative estimate of drug-likeness (QED) is 0.744. The SMILES string of the molecule is Cc1cc(-c2noc(CNC(=O)c3c(C)n[nH]c3C)n2)no1. The highest BCUT2D eigenvalue weighted by Gasteiger charge is 2.17. The summed E-state index contributed by atoms with van der Waals surface area (Å²) in [4.78, 5) is 16.3. The molecule has 3 aromatic rings. The maximum atomic E-state index is 12.1. The number of hydrogen-bond donors (Lipinski definition) is 2. The topological polar surface area (TPSA) is 123 Å². The van der Waals surface area contributed by atoms with Gasteiger partial charge in [-0.3, -0.25) is 9.89 Å². The first kappa shape index (κ1) is 14.0. The molecule has 0 aliphatic rings. The molecule has 1 amide bonds. The number of amides is 1.